The monoisotopic (exact) mass is 299 g/mol. The number of nitrogens with zero attached hydrogens (tertiary/aromatic N) is 1. The molecule has 5 heteroatoms. The Labute approximate surface area is 123 Å². The molecule has 1 aliphatic heterocycles. The summed E-state index contributed by atoms with van der Waals surface area (Å²) >= 11 is 5.85. The lowest BCUT2D eigenvalue weighted by atomic mass is 9.85. The van der Waals surface area contributed by atoms with Crippen molar-refractivity contribution in [2.45, 2.75) is 38.1 Å². The van der Waals surface area contributed by atoms with Gasteiger partial charge in [0.05, 0.1) is 17.0 Å². The molecule has 1 fully saturated rings. The Bertz CT molecular complexity index is 503. The zero-order chi connectivity index (χ0) is 14.8. The Balaban J connectivity index is 2.38. The summed E-state index contributed by atoms with van der Waals surface area (Å²) in [5.74, 6) is -1.34. The molecule has 0 radical (unpaired) electrons. The van der Waals surface area contributed by atoms with Crippen LogP contribution in [0.15, 0.2) is 18.2 Å². The summed E-state index contributed by atoms with van der Waals surface area (Å²) in [6.07, 6.45) is 3.27. The molecule has 0 saturated carbocycles. The lowest BCUT2D eigenvalue weighted by Gasteiger charge is -2.43. The number of carbonyl (C=O) groups is 1. The molecule has 1 saturated heterocycles. The summed E-state index contributed by atoms with van der Waals surface area (Å²) < 4.78 is 13.3. The third-order valence-electron chi connectivity index (χ3n) is 4.09. The first kappa shape index (κ1) is 15.3. The number of carboxylic acids is 1. The van der Waals surface area contributed by atoms with Crippen LogP contribution in [0.5, 0.6) is 0 Å². The van der Waals surface area contributed by atoms with Crippen LogP contribution in [0.2, 0.25) is 5.02 Å². The molecule has 1 aliphatic rings. The van der Waals surface area contributed by atoms with Gasteiger partial charge in [-0.2, -0.15) is 0 Å². The Kier molecular flexibility index (Phi) is 4.66. The Morgan fingerprint density at radius 3 is 2.60 bits per heavy atom. The van der Waals surface area contributed by atoms with Gasteiger partial charge in [0, 0.05) is 0 Å². The molecule has 0 spiro atoms. The minimum atomic E-state index is -0.862. The number of hydrogen-bond donors (Lipinski definition) is 1. The van der Waals surface area contributed by atoms with Gasteiger partial charge in [0.15, 0.2) is 0 Å². The van der Waals surface area contributed by atoms with Crippen molar-refractivity contribution in [3.8, 4) is 0 Å². The fraction of sp³-hybridized carbons (Fsp3) is 0.533. The van der Waals surface area contributed by atoms with Crippen molar-refractivity contribution >= 4 is 17.6 Å². The standard InChI is InChI=1S/C15H19ClFNO2/c1-15(10-14(19)20,18-7-3-2-4-8-18)11-5-6-13(17)12(16)9-11/h5-6,9H,2-4,7-8,10H2,1H3,(H,19,20). The van der Waals surface area contributed by atoms with Gasteiger partial charge in [0.2, 0.25) is 0 Å². The van der Waals surface area contributed by atoms with Crippen LogP contribution in [0.25, 0.3) is 0 Å². The van der Waals surface area contributed by atoms with Gasteiger partial charge < -0.3 is 5.11 Å². The van der Waals surface area contributed by atoms with Crippen molar-refractivity contribution < 1.29 is 14.3 Å². The SMILES string of the molecule is CC(CC(=O)O)(c1ccc(F)c(Cl)c1)N1CCCCC1. The van der Waals surface area contributed by atoms with Crippen LogP contribution in [0.4, 0.5) is 4.39 Å². The fourth-order valence-corrected chi connectivity index (χ4v) is 3.09. The highest BCUT2D eigenvalue weighted by Gasteiger charge is 2.37. The normalized spacial score (nSPS) is 19.6. The van der Waals surface area contributed by atoms with Crippen molar-refractivity contribution in [1.29, 1.82) is 0 Å². The maximum Gasteiger partial charge on any atom is 0.305 e. The van der Waals surface area contributed by atoms with Gasteiger partial charge in [-0.1, -0.05) is 24.1 Å². The number of carboxylic acid groups (broad SMARTS) is 1. The van der Waals surface area contributed by atoms with Crippen LogP contribution in [0.1, 0.15) is 38.2 Å². The third-order valence-corrected chi connectivity index (χ3v) is 4.38. The summed E-state index contributed by atoms with van der Waals surface area (Å²) in [5, 5.41) is 9.27. The highest BCUT2D eigenvalue weighted by Crippen LogP contribution is 2.35. The van der Waals surface area contributed by atoms with Crippen LogP contribution < -0.4 is 0 Å². The van der Waals surface area contributed by atoms with Crippen molar-refractivity contribution in [2.24, 2.45) is 0 Å². The number of likely N-dealkylation sites (tertiary alicyclic amines) is 1. The van der Waals surface area contributed by atoms with Crippen LogP contribution in [0, 0.1) is 5.82 Å². The summed E-state index contributed by atoms with van der Waals surface area (Å²) in [6, 6.07) is 4.49. The Morgan fingerprint density at radius 2 is 2.05 bits per heavy atom. The van der Waals surface area contributed by atoms with Gasteiger partial charge >= 0.3 is 5.97 Å². The number of halogens is 2. The molecule has 0 amide bonds. The quantitative estimate of drug-likeness (QED) is 0.922. The summed E-state index contributed by atoms with van der Waals surface area (Å²) in [6.45, 7) is 3.62. The average Bonchev–Trinajstić information content (AvgIpc) is 2.42. The minimum absolute atomic E-state index is 0.0189. The molecule has 1 N–H and O–H groups in total. The molecule has 110 valence electrons. The first-order valence-corrected chi connectivity index (χ1v) is 7.23. The number of hydrogen-bond acceptors (Lipinski definition) is 2. The van der Waals surface area contributed by atoms with E-state index in [1.165, 1.54) is 12.5 Å². The topological polar surface area (TPSA) is 40.5 Å². The smallest absolute Gasteiger partial charge is 0.305 e. The molecular formula is C15H19ClFNO2. The zero-order valence-corrected chi connectivity index (χ0v) is 12.3. The number of piperidine rings is 1. The van der Waals surface area contributed by atoms with Gasteiger partial charge in [0.1, 0.15) is 5.82 Å². The lowest BCUT2D eigenvalue weighted by Crippen LogP contribution is -2.47. The molecule has 1 atom stereocenters. The molecule has 1 aromatic rings. The third kappa shape index (κ3) is 3.13. The summed E-state index contributed by atoms with van der Waals surface area (Å²) in [5.41, 5.74) is 0.108. The molecule has 1 heterocycles. The fourth-order valence-electron chi connectivity index (χ4n) is 2.91. The van der Waals surface area contributed by atoms with E-state index in [0.717, 1.165) is 31.5 Å². The second-order valence-corrected chi connectivity index (χ2v) is 5.93. The van der Waals surface area contributed by atoms with E-state index in [4.69, 9.17) is 11.6 Å². The molecule has 20 heavy (non-hydrogen) atoms. The van der Waals surface area contributed by atoms with Gasteiger partial charge in [0.25, 0.3) is 0 Å². The average molecular weight is 300 g/mol. The molecule has 0 aromatic heterocycles. The van der Waals surface area contributed by atoms with Gasteiger partial charge in [-0.15, -0.1) is 0 Å². The highest BCUT2D eigenvalue weighted by atomic mass is 35.5. The lowest BCUT2D eigenvalue weighted by molar-refractivity contribution is -0.140. The van der Waals surface area contributed by atoms with Crippen molar-refractivity contribution in [3.05, 3.63) is 34.6 Å². The second kappa shape index (κ2) is 6.10. The van der Waals surface area contributed by atoms with Crippen molar-refractivity contribution in [2.75, 3.05) is 13.1 Å². The molecule has 1 aromatic carbocycles. The molecule has 2 rings (SSSR count). The summed E-state index contributed by atoms with van der Waals surface area (Å²) in [4.78, 5) is 13.4. The maximum absolute atomic E-state index is 13.3. The van der Waals surface area contributed by atoms with Crippen LogP contribution in [0.3, 0.4) is 0 Å². The van der Waals surface area contributed by atoms with E-state index < -0.39 is 17.3 Å². The predicted molar refractivity (Wildman–Crippen MR) is 76.4 cm³/mol. The van der Waals surface area contributed by atoms with Crippen LogP contribution in [-0.4, -0.2) is 29.1 Å². The minimum Gasteiger partial charge on any atom is -0.481 e. The maximum atomic E-state index is 13.3. The highest BCUT2D eigenvalue weighted by molar-refractivity contribution is 6.30. The van der Waals surface area contributed by atoms with E-state index in [1.807, 2.05) is 6.92 Å². The van der Waals surface area contributed by atoms with E-state index in [9.17, 15) is 14.3 Å². The van der Waals surface area contributed by atoms with E-state index in [2.05, 4.69) is 4.90 Å². The molecule has 3 nitrogen and oxygen atoms in total. The Hall–Kier alpha value is -1.13. The van der Waals surface area contributed by atoms with Gasteiger partial charge in [-0.25, -0.2) is 4.39 Å². The predicted octanol–water partition coefficient (Wildman–Crippen LogP) is 3.65. The van der Waals surface area contributed by atoms with Crippen molar-refractivity contribution in [3.63, 3.8) is 0 Å². The van der Waals surface area contributed by atoms with Crippen molar-refractivity contribution in [1.82, 2.24) is 4.90 Å². The number of aliphatic carboxylic acids is 1. The van der Waals surface area contributed by atoms with Crippen LogP contribution >= 0.6 is 11.6 Å². The number of rotatable bonds is 4. The largest absolute Gasteiger partial charge is 0.481 e. The van der Waals surface area contributed by atoms with Crippen LogP contribution in [-0.2, 0) is 10.3 Å². The molecular weight excluding hydrogens is 281 g/mol. The Morgan fingerprint density at radius 1 is 1.40 bits per heavy atom. The van der Waals surface area contributed by atoms with E-state index >= 15 is 0 Å². The van der Waals surface area contributed by atoms with Gasteiger partial charge in [-0.05, 0) is 50.6 Å². The van der Waals surface area contributed by atoms with E-state index in [-0.39, 0.29) is 11.4 Å². The second-order valence-electron chi connectivity index (χ2n) is 5.52. The molecule has 1 unspecified atom stereocenters. The molecule has 0 aliphatic carbocycles. The van der Waals surface area contributed by atoms with E-state index in [1.54, 1.807) is 12.1 Å². The van der Waals surface area contributed by atoms with Gasteiger partial charge in [-0.3, -0.25) is 9.69 Å². The first-order chi connectivity index (χ1) is 9.43. The zero-order valence-electron chi connectivity index (χ0n) is 11.5. The first-order valence-electron chi connectivity index (χ1n) is 6.86. The number of benzene rings is 1. The summed E-state index contributed by atoms with van der Waals surface area (Å²) in [7, 11) is 0. The van der Waals surface area contributed by atoms with E-state index in [0.29, 0.717) is 0 Å². The molecule has 0 bridgehead atoms.